The Bertz CT molecular complexity index is 536. The fourth-order valence-electron chi connectivity index (χ4n) is 1.73. The molecule has 0 heterocycles. The summed E-state index contributed by atoms with van der Waals surface area (Å²) in [4.78, 5) is 0. The smallest absolute Gasteiger partial charge is 0.212 e. The molecule has 0 saturated carbocycles. The van der Waals surface area contributed by atoms with E-state index in [4.69, 9.17) is 16.3 Å². The number of rotatable bonds is 8. The van der Waals surface area contributed by atoms with Crippen molar-refractivity contribution in [1.82, 2.24) is 4.72 Å². The molecule has 0 fully saturated rings. The third-order valence-corrected chi connectivity index (χ3v) is 5.25. The van der Waals surface area contributed by atoms with E-state index in [0.29, 0.717) is 24.5 Å². The fourth-order valence-corrected chi connectivity index (χ4v) is 3.86. The van der Waals surface area contributed by atoms with Crippen molar-refractivity contribution in [2.45, 2.75) is 25.8 Å². The molecule has 0 saturated heterocycles. The van der Waals surface area contributed by atoms with Crippen molar-refractivity contribution in [3.8, 4) is 5.75 Å². The van der Waals surface area contributed by atoms with Gasteiger partial charge in [-0.05, 0) is 53.4 Å². The number of alkyl halides is 1. The Kier molecular flexibility index (Phi) is 7.29. The largest absolute Gasteiger partial charge is 0.496 e. The van der Waals surface area contributed by atoms with Crippen LogP contribution in [0.1, 0.15) is 31.4 Å². The van der Waals surface area contributed by atoms with Crippen LogP contribution >= 0.6 is 27.5 Å². The number of methoxy groups -OCH3 is 1. The minimum atomic E-state index is -3.28. The molecule has 1 rings (SSSR count). The van der Waals surface area contributed by atoms with Gasteiger partial charge in [0.25, 0.3) is 0 Å². The van der Waals surface area contributed by atoms with E-state index in [1.54, 1.807) is 13.2 Å². The third-order valence-electron chi connectivity index (χ3n) is 2.83. The first-order chi connectivity index (χ1) is 9.39. The lowest BCUT2D eigenvalue weighted by molar-refractivity contribution is 0.412. The van der Waals surface area contributed by atoms with Gasteiger partial charge in [0.1, 0.15) is 5.75 Å². The number of ether oxygens (including phenoxy) is 1. The van der Waals surface area contributed by atoms with Gasteiger partial charge in [-0.15, -0.1) is 11.6 Å². The van der Waals surface area contributed by atoms with Crippen molar-refractivity contribution < 1.29 is 13.2 Å². The van der Waals surface area contributed by atoms with E-state index in [1.165, 1.54) is 0 Å². The predicted molar refractivity (Wildman–Crippen MR) is 86.0 cm³/mol. The molecule has 1 aromatic carbocycles. The molecule has 0 aliphatic carbocycles. The van der Waals surface area contributed by atoms with Gasteiger partial charge in [-0.2, -0.15) is 0 Å². The van der Waals surface area contributed by atoms with E-state index < -0.39 is 10.0 Å². The second kappa shape index (κ2) is 8.22. The molecule has 1 aromatic rings. The summed E-state index contributed by atoms with van der Waals surface area (Å²) in [5, 5.41) is 0. The van der Waals surface area contributed by atoms with Gasteiger partial charge in [0.15, 0.2) is 0 Å². The van der Waals surface area contributed by atoms with Crippen LogP contribution in [0, 0.1) is 0 Å². The quantitative estimate of drug-likeness (QED) is 0.551. The van der Waals surface area contributed by atoms with Crippen molar-refractivity contribution >= 4 is 37.6 Å². The van der Waals surface area contributed by atoms with E-state index >= 15 is 0 Å². The Morgan fingerprint density at radius 3 is 2.65 bits per heavy atom. The Labute approximate surface area is 134 Å². The molecule has 0 aliphatic heterocycles. The summed E-state index contributed by atoms with van der Waals surface area (Å²) in [5.74, 6) is 1.30. The Morgan fingerprint density at radius 2 is 2.10 bits per heavy atom. The molecule has 0 amide bonds. The summed E-state index contributed by atoms with van der Waals surface area (Å²) in [6.07, 6.45) is 1.27. The number of sulfonamides is 1. The number of hydrogen-bond donors (Lipinski definition) is 1. The van der Waals surface area contributed by atoms with Gasteiger partial charge in [0.05, 0.1) is 17.3 Å². The predicted octanol–water partition coefficient (Wildman–Crippen LogP) is 3.46. The van der Waals surface area contributed by atoms with Crippen molar-refractivity contribution in [1.29, 1.82) is 0 Å². The average Bonchev–Trinajstić information content (AvgIpc) is 2.38. The summed E-state index contributed by atoms with van der Waals surface area (Å²) < 4.78 is 32.4. The zero-order valence-corrected chi connectivity index (χ0v) is 14.7. The highest BCUT2D eigenvalue weighted by atomic mass is 79.9. The normalized spacial score (nSPS) is 13.2. The first-order valence-electron chi connectivity index (χ1n) is 6.29. The van der Waals surface area contributed by atoms with Crippen LogP contribution in [0.25, 0.3) is 0 Å². The average molecular weight is 385 g/mol. The molecule has 0 aromatic heterocycles. The Hall–Kier alpha value is -0.300. The van der Waals surface area contributed by atoms with Crippen molar-refractivity contribution in [3.63, 3.8) is 0 Å². The molecule has 1 atom stereocenters. The standard InChI is InChI=1S/C13H19BrClNO3S/c1-10(16-20(17,18)8-4-3-7-15)11-5-6-13(19-2)12(14)9-11/h5-6,9-10,16H,3-4,7-8H2,1-2H3. The first kappa shape index (κ1) is 17.8. The summed E-state index contributed by atoms with van der Waals surface area (Å²) in [6.45, 7) is 1.81. The van der Waals surface area contributed by atoms with Crippen LogP contribution in [0.4, 0.5) is 0 Å². The van der Waals surface area contributed by atoms with Crippen molar-refractivity contribution in [2.75, 3.05) is 18.7 Å². The lowest BCUT2D eigenvalue weighted by Crippen LogP contribution is -2.29. The molecule has 1 N–H and O–H groups in total. The maximum absolute atomic E-state index is 11.9. The summed E-state index contributed by atoms with van der Waals surface area (Å²) in [6, 6.07) is 5.20. The van der Waals surface area contributed by atoms with E-state index in [0.717, 1.165) is 10.0 Å². The molecule has 0 radical (unpaired) electrons. The number of nitrogens with one attached hydrogen (secondary N) is 1. The van der Waals surface area contributed by atoms with Gasteiger partial charge in [0.2, 0.25) is 10.0 Å². The highest BCUT2D eigenvalue weighted by molar-refractivity contribution is 9.10. The second-order valence-corrected chi connectivity index (χ2v) is 7.55. The van der Waals surface area contributed by atoms with Crippen LogP contribution in [-0.2, 0) is 10.0 Å². The van der Waals surface area contributed by atoms with Gasteiger partial charge < -0.3 is 4.74 Å². The fraction of sp³-hybridized carbons (Fsp3) is 0.538. The molecule has 7 heteroatoms. The molecule has 0 spiro atoms. The molecular weight excluding hydrogens is 366 g/mol. The zero-order valence-electron chi connectivity index (χ0n) is 11.5. The van der Waals surface area contributed by atoms with Crippen LogP contribution in [0.5, 0.6) is 5.75 Å². The monoisotopic (exact) mass is 383 g/mol. The van der Waals surface area contributed by atoms with Gasteiger partial charge in [0, 0.05) is 11.9 Å². The van der Waals surface area contributed by atoms with Gasteiger partial charge >= 0.3 is 0 Å². The lowest BCUT2D eigenvalue weighted by Gasteiger charge is -2.15. The van der Waals surface area contributed by atoms with Crippen LogP contribution in [0.3, 0.4) is 0 Å². The van der Waals surface area contributed by atoms with E-state index in [9.17, 15) is 8.42 Å². The molecule has 0 aliphatic rings. The van der Waals surface area contributed by atoms with Crippen LogP contribution in [-0.4, -0.2) is 27.2 Å². The highest BCUT2D eigenvalue weighted by Gasteiger charge is 2.16. The number of hydrogen-bond acceptors (Lipinski definition) is 3. The number of unbranched alkanes of at least 4 members (excludes halogenated alkanes) is 1. The first-order valence-corrected chi connectivity index (χ1v) is 9.27. The maximum atomic E-state index is 11.9. The maximum Gasteiger partial charge on any atom is 0.212 e. The van der Waals surface area contributed by atoms with Crippen molar-refractivity contribution in [2.24, 2.45) is 0 Å². The minimum absolute atomic E-state index is 0.0986. The summed E-state index contributed by atoms with van der Waals surface area (Å²) in [7, 11) is -1.70. The molecule has 20 heavy (non-hydrogen) atoms. The molecule has 1 unspecified atom stereocenters. The minimum Gasteiger partial charge on any atom is -0.496 e. The SMILES string of the molecule is COc1ccc(C(C)NS(=O)(=O)CCCCCl)cc1Br. The van der Waals surface area contributed by atoms with Crippen molar-refractivity contribution in [3.05, 3.63) is 28.2 Å². The highest BCUT2D eigenvalue weighted by Crippen LogP contribution is 2.28. The molecule has 0 bridgehead atoms. The number of halogens is 2. The summed E-state index contributed by atoms with van der Waals surface area (Å²) in [5.41, 5.74) is 0.874. The Balaban J connectivity index is 2.70. The Morgan fingerprint density at radius 1 is 1.40 bits per heavy atom. The molecular formula is C13H19BrClNO3S. The second-order valence-electron chi connectivity index (χ2n) is 4.45. The molecule has 4 nitrogen and oxygen atoms in total. The summed E-state index contributed by atoms with van der Waals surface area (Å²) >= 11 is 8.94. The van der Waals surface area contributed by atoms with Crippen LogP contribution in [0.15, 0.2) is 22.7 Å². The zero-order chi connectivity index (χ0) is 15.2. The number of benzene rings is 1. The lowest BCUT2D eigenvalue weighted by atomic mass is 10.1. The van der Waals surface area contributed by atoms with Crippen LogP contribution in [0.2, 0.25) is 0 Å². The van der Waals surface area contributed by atoms with E-state index in [2.05, 4.69) is 20.7 Å². The molecule has 114 valence electrons. The van der Waals surface area contributed by atoms with E-state index in [-0.39, 0.29) is 11.8 Å². The van der Waals surface area contributed by atoms with Crippen LogP contribution < -0.4 is 9.46 Å². The van der Waals surface area contributed by atoms with Gasteiger partial charge in [-0.3, -0.25) is 0 Å². The third kappa shape index (κ3) is 5.60. The van der Waals surface area contributed by atoms with Gasteiger partial charge in [-0.25, -0.2) is 13.1 Å². The van der Waals surface area contributed by atoms with Gasteiger partial charge in [-0.1, -0.05) is 6.07 Å². The van der Waals surface area contributed by atoms with E-state index in [1.807, 2.05) is 19.1 Å². The topological polar surface area (TPSA) is 55.4 Å².